The standard InChI is InChI=1S/C23H31N3O2/c1-28-22-9-7-20(8-10-22)11-13-24-23(27)12-14-25-15-17-26(18-16-25)19-21-5-3-2-4-6-21/h2-10H,11-19H2,1H3,(H,24,27). The number of ether oxygens (including phenoxy) is 1. The van der Waals surface area contributed by atoms with E-state index in [9.17, 15) is 4.79 Å². The van der Waals surface area contributed by atoms with E-state index in [1.54, 1.807) is 7.11 Å². The minimum atomic E-state index is 0.139. The molecule has 2 aromatic carbocycles. The Balaban J connectivity index is 1.27. The van der Waals surface area contributed by atoms with Crippen molar-refractivity contribution in [2.75, 3.05) is 46.4 Å². The Morgan fingerprint density at radius 3 is 2.29 bits per heavy atom. The zero-order valence-corrected chi connectivity index (χ0v) is 16.8. The summed E-state index contributed by atoms with van der Waals surface area (Å²) in [4.78, 5) is 17.0. The largest absolute Gasteiger partial charge is 0.497 e. The Morgan fingerprint density at radius 1 is 0.929 bits per heavy atom. The molecule has 28 heavy (non-hydrogen) atoms. The smallest absolute Gasteiger partial charge is 0.221 e. The van der Waals surface area contributed by atoms with Crippen LogP contribution in [0.15, 0.2) is 54.6 Å². The van der Waals surface area contributed by atoms with Gasteiger partial charge in [0.05, 0.1) is 7.11 Å². The number of carbonyl (C=O) groups is 1. The summed E-state index contributed by atoms with van der Waals surface area (Å²) in [6.45, 7) is 6.73. The van der Waals surface area contributed by atoms with Gasteiger partial charge in [0, 0.05) is 52.2 Å². The molecule has 3 rings (SSSR count). The Bertz CT molecular complexity index is 710. The van der Waals surface area contributed by atoms with E-state index in [1.165, 1.54) is 11.1 Å². The van der Waals surface area contributed by atoms with Crippen LogP contribution < -0.4 is 10.1 Å². The van der Waals surface area contributed by atoms with E-state index < -0.39 is 0 Å². The van der Waals surface area contributed by atoms with Crippen LogP contribution >= 0.6 is 0 Å². The van der Waals surface area contributed by atoms with E-state index in [2.05, 4.69) is 45.4 Å². The first-order chi connectivity index (χ1) is 13.7. The minimum absolute atomic E-state index is 0.139. The monoisotopic (exact) mass is 381 g/mol. The second kappa shape index (κ2) is 10.8. The zero-order chi connectivity index (χ0) is 19.6. The Labute approximate surface area is 168 Å². The minimum Gasteiger partial charge on any atom is -0.497 e. The Hall–Kier alpha value is -2.37. The Morgan fingerprint density at radius 2 is 1.61 bits per heavy atom. The first-order valence-electron chi connectivity index (χ1n) is 10.1. The maximum Gasteiger partial charge on any atom is 0.221 e. The average molecular weight is 382 g/mol. The first kappa shape index (κ1) is 20.4. The number of hydrogen-bond donors (Lipinski definition) is 1. The average Bonchev–Trinajstić information content (AvgIpc) is 2.74. The van der Waals surface area contributed by atoms with Crippen molar-refractivity contribution in [3.63, 3.8) is 0 Å². The van der Waals surface area contributed by atoms with Gasteiger partial charge in [-0.15, -0.1) is 0 Å². The van der Waals surface area contributed by atoms with Gasteiger partial charge in [-0.1, -0.05) is 42.5 Å². The number of carbonyl (C=O) groups excluding carboxylic acids is 1. The van der Waals surface area contributed by atoms with Crippen molar-refractivity contribution >= 4 is 5.91 Å². The van der Waals surface area contributed by atoms with Gasteiger partial charge >= 0.3 is 0 Å². The maximum atomic E-state index is 12.1. The highest BCUT2D eigenvalue weighted by molar-refractivity contribution is 5.76. The molecular formula is C23H31N3O2. The number of amides is 1. The summed E-state index contributed by atoms with van der Waals surface area (Å²) in [5, 5.41) is 3.03. The lowest BCUT2D eigenvalue weighted by atomic mass is 10.1. The van der Waals surface area contributed by atoms with Gasteiger partial charge in [-0.25, -0.2) is 0 Å². The summed E-state index contributed by atoms with van der Waals surface area (Å²) in [7, 11) is 1.67. The van der Waals surface area contributed by atoms with Gasteiger partial charge in [0.15, 0.2) is 0 Å². The van der Waals surface area contributed by atoms with Crippen LogP contribution in [0.1, 0.15) is 17.5 Å². The van der Waals surface area contributed by atoms with E-state index >= 15 is 0 Å². The van der Waals surface area contributed by atoms with Crippen molar-refractivity contribution in [2.24, 2.45) is 0 Å². The van der Waals surface area contributed by atoms with Gasteiger partial charge in [-0.3, -0.25) is 9.69 Å². The third kappa shape index (κ3) is 6.66. The molecule has 0 aliphatic carbocycles. The third-order valence-electron chi connectivity index (χ3n) is 5.26. The molecule has 2 aromatic rings. The molecule has 1 heterocycles. The summed E-state index contributed by atoms with van der Waals surface area (Å²) < 4.78 is 5.16. The summed E-state index contributed by atoms with van der Waals surface area (Å²) in [5.74, 6) is 0.997. The second-order valence-corrected chi connectivity index (χ2v) is 7.30. The molecule has 0 radical (unpaired) electrons. The molecule has 0 atom stereocenters. The summed E-state index contributed by atoms with van der Waals surface area (Å²) in [6, 6.07) is 18.6. The molecule has 0 unspecified atom stereocenters. The molecule has 150 valence electrons. The van der Waals surface area contributed by atoms with E-state index in [1.807, 2.05) is 24.3 Å². The number of hydrogen-bond acceptors (Lipinski definition) is 4. The highest BCUT2D eigenvalue weighted by atomic mass is 16.5. The van der Waals surface area contributed by atoms with E-state index in [4.69, 9.17) is 4.74 Å². The number of nitrogens with one attached hydrogen (secondary N) is 1. The van der Waals surface area contributed by atoms with Crippen LogP contribution in [0, 0.1) is 0 Å². The highest BCUT2D eigenvalue weighted by Gasteiger charge is 2.17. The quantitative estimate of drug-likeness (QED) is 0.725. The molecule has 0 spiro atoms. The van der Waals surface area contributed by atoms with Crippen molar-refractivity contribution in [1.82, 2.24) is 15.1 Å². The van der Waals surface area contributed by atoms with Crippen molar-refractivity contribution < 1.29 is 9.53 Å². The predicted octanol–water partition coefficient (Wildman–Crippen LogP) is 2.56. The normalized spacial score (nSPS) is 15.3. The third-order valence-corrected chi connectivity index (χ3v) is 5.26. The topological polar surface area (TPSA) is 44.8 Å². The lowest BCUT2D eigenvalue weighted by Gasteiger charge is -2.34. The van der Waals surface area contributed by atoms with Crippen molar-refractivity contribution in [3.05, 3.63) is 65.7 Å². The fraction of sp³-hybridized carbons (Fsp3) is 0.435. The number of rotatable bonds is 9. The maximum absolute atomic E-state index is 12.1. The summed E-state index contributed by atoms with van der Waals surface area (Å²) in [6.07, 6.45) is 1.41. The molecule has 0 saturated carbocycles. The SMILES string of the molecule is COc1ccc(CCNC(=O)CCN2CCN(Cc3ccccc3)CC2)cc1. The van der Waals surface area contributed by atoms with Crippen LogP contribution in [0.5, 0.6) is 5.75 Å². The number of benzene rings is 2. The van der Waals surface area contributed by atoms with Gasteiger partial charge in [-0.2, -0.15) is 0 Å². The van der Waals surface area contributed by atoms with E-state index in [-0.39, 0.29) is 5.91 Å². The number of methoxy groups -OCH3 is 1. The van der Waals surface area contributed by atoms with Crippen LogP contribution in [0.25, 0.3) is 0 Å². The van der Waals surface area contributed by atoms with Gasteiger partial charge in [0.2, 0.25) is 5.91 Å². The van der Waals surface area contributed by atoms with Crippen LogP contribution in [0.4, 0.5) is 0 Å². The molecule has 0 bridgehead atoms. The van der Waals surface area contributed by atoms with Crippen LogP contribution in [-0.4, -0.2) is 62.1 Å². The van der Waals surface area contributed by atoms with E-state index in [0.717, 1.165) is 51.4 Å². The lowest BCUT2D eigenvalue weighted by molar-refractivity contribution is -0.121. The molecule has 1 fully saturated rings. The van der Waals surface area contributed by atoms with Gasteiger partial charge < -0.3 is 15.0 Å². The molecule has 1 aliphatic rings. The number of nitrogens with zero attached hydrogens (tertiary/aromatic N) is 2. The van der Waals surface area contributed by atoms with Crippen LogP contribution in [0.3, 0.4) is 0 Å². The molecular weight excluding hydrogens is 350 g/mol. The highest BCUT2D eigenvalue weighted by Crippen LogP contribution is 2.11. The van der Waals surface area contributed by atoms with Crippen LogP contribution in [0.2, 0.25) is 0 Å². The molecule has 5 nitrogen and oxygen atoms in total. The van der Waals surface area contributed by atoms with Crippen molar-refractivity contribution in [3.8, 4) is 5.75 Å². The number of piperazine rings is 1. The zero-order valence-electron chi connectivity index (χ0n) is 16.8. The van der Waals surface area contributed by atoms with Crippen molar-refractivity contribution in [2.45, 2.75) is 19.4 Å². The van der Waals surface area contributed by atoms with Gasteiger partial charge in [-0.05, 0) is 29.7 Å². The Kier molecular flexibility index (Phi) is 7.88. The molecule has 1 saturated heterocycles. The van der Waals surface area contributed by atoms with Crippen LogP contribution in [-0.2, 0) is 17.8 Å². The van der Waals surface area contributed by atoms with Gasteiger partial charge in [0.25, 0.3) is 0 Å². The fourth-order valence-corrected chi connectivity index (χ4v) is 3.50. The fourth-order valence-electron chi connectivity index (χ4n) is 3.50. The molecule has 1 amide bonds. The molecule has 5 heteroatoms. The first-order valence-corrected chi connectivity index (χ1v) is 10.1. The second-order valence-electron chi connectivity index (χ2n) is 7.30. The molecule has 1 N–H and O–H groups in total. The molecule has 1 aliphatic heterocycles. The molecule has 0 aromatic heterocycles. The summed E-state index contributed by atoms with van der Waals surface area (Å²) in [5.41, 5.74) is 2.57. The van der Waals surface area contributed by atoms with Crippen molar-refractivity contribution in [1.29, 1.82) is 0 Å². The van der Waals surface area contributed by atoms with Gasteiger partial charge in [0.1, 0.15) is 5.75 Å². The van der Waals surface area contributed by atoms with E-state index in [0.29, 0.717) is 13.0 Å². The summed E-state index contributed by atoms with van der Waals surface area (Å²) >= 11 is 0. The predicted molar refractivity (Wildman–Crippen MR) is 112 cm³/mol. The lowest BCUT2D eigenvalue weighted by Crippen LogP contribution is -2.46.